The minimum atomic E-state index is -4.70. The van der Waals surface area contributed by atoms with Crippen LogP contribution in [0, 0.1) is 0 Å². The first-order valence-corrected chi connectivity index (χ1v) is 10.9. The van der Waals surface area contributed by atoms with Crippen molar-refractivity contribution < 1.29 is 17.9 Å². The van der Waals surface area contributed by atoms with E-state index in [1.54, 1.807) is 11.1 Å². The Morgan fingerprint density at radius 1 is 1.12 bits per heavy atom. The van der Waals surface area contributed by atoms with Gasteiger partial charge in [-0.15, -0.1) is 0 Å². The molecule has 0 saturated heterocycles. The maximum atomic E-state index is 13.6. The lowest BCUT2D eigenvalue weighted by Crippen LogP contribution is -2.29. The number of fused-ring (bicyclic) bond motifs is 2. The number of nitrogen functional groups attached to an aromatic ring is 2. The molecule has 0 atom stereocenters. The first-order valence-electron chi connectivity index (χ1n) is 10.1. The summed E-state index contributed by atoms with van der Waals surface area (Å²) in [6, 6.07) is 7.53. The number of rotatable bonds is 3. The summed E-state index contributed by atoms with van der Waals surface area (Å²) in [6.45, 7) is 4.33. The molecule has 0 fully saturated rings. The van der Waals surface area contributed by atoms with Gasteiger partial charge in [0.05, 0.1) is 6.54 Å². The van der Waals surface area contributed by atoms with Crippen LogP contribution in [0.2, 0.25) is 0 Å². The van der Waals surface area contributed by atoms with Crippen LogP contribution in [-0.2, 0) is 12.7 Å². The molecule has 8 nitrogen and oxygen atoms in total. The molecule has 34 heavy (non-hydrogen) atoms. The van der Waals surface area contributed by atoms with E-state index < -0.39 is 17.8 Å². The van der Waals surface area contributed by atoms with Crippen LogP contribution >= 0.6 is 11.3 Å². The quantitative estimate of drug-likeness (QED) is 0.439. The average Bonchev–Trinajstić information content (AvgIpc) is 3.03. The van der Waals surface area contributed by atoms with E-state index in [4.69, 9.17) is 16.2 Å². The number of hydrogen-bond acceptors (Lipinski definition) is 9. The molecule has 0 spiro atoms. The van der Waals surface area contributed by atoms with Crippen molar-refractivity contribution in [3.05, 3.63) is 53.9 Å². The van der Waals surface area contributed by atoms with Crippen LogP contribution in [0.25, 0.3) is 27.6 Å². The molecule has 12 heteroatoms. The number of nitrogens with zero attached hydrogens (tertiary/aromatic N) is 5. The van der Waals surface area contributed by atoms with Gasteiger partial charge in [0.2, 0.25) is 5.95 Å². The molecule has 4 aromatic rings. The molecule has 1 aromatic carbocycles. The molecule has 174 valence electrons. The molecule has 0 saturated carbocycles. The Morgan fingerprint density at radius 2 is 1.94 bits per heavy atom. The second kappa shape index (κ2) is 8.13. The van der Waals surface area contributed by atoms with Crippen molar-refractivity contribution in [3.63, 3.8) is 0 Å². The predicted molar refractivity (Wildman–Crippen MR) is 125 cm³/mol. The highest BCUT2D eigenvalue weighted by Crippen LogP contribution is 2.37. The molecule has 5 rings (SSSR count). The maximum absolute atomic E-state index is 13.6. The maximum Gasteiger partial charge on any atom is 0.434 e. The summed E-state index contributed by atoms with van der Waals surface area (Å²) < 4.78 is 46.6. The van der Waals surface area contributed by atoms with Crippen molar-refractivity contribution in [3.8, 4) is 16.9 Å². The summed E-state index contributed by atoms with van der Waals surface area (Å²) in [5.74, 6) is 0.225. The molecule has 0 radical (unpaired) electrons. The van der Waals surface area contributed by atoms with Gasteiger partial charge in [-0.25, -0.2) is 15.0 Å². The third kappa shape index (κ3) is 3.96. The number of anilines is 3. The van der Waals surface area contributed by atoms with Gasteiger partial charge in [0, 0.05) is 29.4 Å². The first kappa shape index (κ1) is 21.9. The fourth-order valence-electron chi connectivity index (χ4n) is 3.87. The van der Waals surface area contributed by atoms with E-state index >= 15 is 0 Å². The van der Waals surface area contributed by atoms with Crippen molar-refractivity contribution in [2.75, 3.05) is 29.5 Å². The minimum Gasteiger partial charge on any atom is -0.491 e. The number of nitrogens with two attached hydrogens (primary N) is 2. The highest BCUT2D eigenvalue weighted by Gasteiger charge is 2.37. The lowest BCUT2D eigenvalue weighted by atomic mass is 10.0. The monoisotopic (exact) mass is 485 g/mol. The number of benzene rings is 1. The lowest BCUT2D eigenvalue weighted by molar-refractivity contribution is -0.141. The molecule has 0 unspecified atom stereocenters. The summed E-state index contributed by atoms with van der Waals surface area (Å²) in [6.07, 6.45) is -1.87. The van der Waals surface area contributed by atoms with E-state index in [1.807, 2.05) is 24.3 Å². The smallest absolute Gasteiger partial charge is 0.434 e. The number of aromatic nitrogens is 4. The molecule has 0 bridgehead atoms. The van der Waals surface area contributed by atoms with Crippen molar-refractivity contribution >= 4 is 44.7 Å². The Balaban J connectivity index is 1.55. The first-order chi connectivity index (χ1) is 16.2. The van der Waals surface area contributed by atoms with Crippen molar-refractivity contribution in [2.24, 2.45) is 0 Å². The standard InChI is InChI=1S/C22H18F3N7OS/c1-2-14-17(22(23,24)25)30-20(26)31-18(14)32-5-6-33-16-4-3-11(7-13(16)10-32)12-8-15-19(28-9-12)34-21(27)29-15/h2-4,7-9H,1,5-6,10H2,(H2,27,29)(H2,26,30,31). The van der Waals surface area contributed by atoms with Gasteiger partial charge in [-0.1, -0.05) is 30.1 Å². The Bertz CT molecular complexity index is 1420. The topological polar surface area (TPSA) is 116 Å². The van der Waals surface area contributed by atoms with Crippen LogP contribution in [0.5, 0.6) is 5.75 Å². The average molecular weight is 485 g/mol. The van der Waals surface area contributed by atoms with Crippen molar-refractivity contribution in [2.45, 2.75) is 12.7 Å². The Kier molecular flexibility index (Phi) is 5.24. The predicted octanol–water partition coefficient (Wildman–Crippen LogP) is 4.37. The van der Waals surface area contributed by atoms with Gasteiger partial charge in [-0.3, -0.25) is 0 Å². The number of hydrogen-bond donors (Lipinski definition) is 2. The fraction of sp³-hybridized carbons (Fsp3) is 0.182. The third-order valence-corrected chi connectivity index (χ3v) is 6.16. The van der Waals surface area contributed by atoms with E-state index in [2.05, 4.69) is 26.5 Å². The van der Waals surface area contributed by atoms with Gasteiger partial charge >= 0.3 is 6.18 Å². The van der Waals surface area contributed by atoms with E-state index in [1.165, 1.54) is 11.3 Å². The van der Waals surface area contributed by atoms with Gasteiger partial charge in [-0.2, -0.15) is 18.2 Å². The van der Waals surface area contributed by atoms with Gasteiger partial charge in [-0.05, 0) is 23.8 Å². The summed E-state index contributed by atoms with van der Waals surface area (Å²) >= 11 is 1.31. The molecule has 4 heterocycles. The molecule has 0 amide bonds. The minimum absolute atomic E-state index is 0.0534. The van der Waals surface area contributed by atoms with Gasteiger partial charge in [0.1, 0.15) is 28.5 Å². The Morgan fingerprint density at radius 3 is 2.71 bits per heavy atom. The highest BCUT2D eigenvalue weighted by molar-refractivity contribution is 7.21. The largest absolute Gasteiger partial charge is 0.491 e. The van der Waals surface area contributed by atoms with Crippen molar-refractivity contribution in [1.29, 1.82) is 0 Å². The number of alkyl halides is 3. The van der Waals surface area contributed by atoms with Crippen LogP contribution in [0.4, 0.5) is 30.1 Å². The second-order valence-corrected chi connectivity index (χ2v) is 8.57. The normalized spacial score (nSPS) is 13.9. The van der Waals surface area contributed by atoms with Crippen LogP contribution < -0.4 is 21.1 Å². The Labute approximate surface area is 195 Å². The molecule has 1 aliphatic heterocycles. The van der Waals surface area contributed by atoms with Crippen LogP contribution in [0.15, 0.2) is 37.0 Å². The molecule has 1 aliphatic rings. The van der Waals surface area contributed by atoms with E-state index in [0.29, 0.717) is 22.9 Å². The summed E-state index contributed by atoms with van der Waals surface area (Å²) in [4.78, 5) is 18.6. The molecule has 4 N–H and O–H groups in total. The van der Waals surface area contributed by atoms with E-state index in [0.717, 1.165) is 27.6 Å². The molecular formula is C22H18F3N7OS. The summed E-state index contributed by atoms with van der Waals surface area (Å²) in [7, 11) is 0. The zero-order valence-electron chi connectivity index (χ0n) is 17.6. The Hall–Kier alpha value is -3.93. The molecular weight excluding hydrogens is 467 g/mol. The van der Waals surface area contributed by atoms with Gasteiger partial charge < -0.3 is 21.1 Å². The van der Waals surface area contributed by atoms with Gasteiger partial charge in [0.25, 0.3) is 0 Å². The summed E-state index contributed by atoms with van der Waals surface area (Å²) in [5.41, 5.74) is 13.2. The summed E-state index contributed by atoms with van der Waals surface area (Å²) in [5, 5.41) is 0.436. The van der Waals surface area contributed by atoms with Gasteiger partial charge in [0.15, 0.2) is 10.8 Å². The number of thiazole rings is 1. The van der Waals surface area contributed by atoms with E-state index in [-0.39, 0.29) is 24.5 Å². The SMILES string of the molecule is C=Cc1c(N2CCOc3ccc(-c4cnc5sc(N)nc5c4)cc3C2)nc(N)nc1C(F)(F)F. The lowest BCUT2D eigenvalue weighted by Gasteiger charge is -2.24. The van der Waals surface area contributed by atoms with Crippen LogP contribution in [-0.4, -0.2) is 33.1 Å². The number of halogens is 3. The van der Waals surface area contributed by atoms with Crippen LogP contribution in [0.1, 0.15) is 16.8 Å². The van der Waals surface area contributed by atoms with E-state index in [9.17, 15) is 13.2 Å². The zero-order valence-corrected chi connectivity index (χ0v) is 18.5. The molecule has 0 aliphatic carbocycles. The number of pyridine rings is 1. The zero-order chi connectivity index (χ0) is 24.0. The van der Waals surface area contributed by atoms with Crippen LogP contribution in [0.3, 0.4) is 0 Å². The fourth-order valence-corrected chi connectivity index (χ4v) is 4.53. The highest BCUT2D eigenvalue weighted by atomic mass is 32.1. The third-order valence-electron chi connectivity index (χ3n) is 5.35. The number of ether oxygens (including phenoxy) is 1. The van der Waals surface area contributed by atoms with Crippen molar-refractivity contribution in [1.82, 2.24) is 19.9 Å². The second-order valence-electron chi connectivity index (χ2n) is 7.56. The molecule has 3 aromatic heterocycles.